The van der Waals surface area contributed by atoms with Gasteiger partial charge < -0.3 is 49.9 Å². The molecular formula is C53H69N5O10Si. The fourth-order valence-corrected chi connectivity index (χ4v) is 13.8. The van der Waals surface area contributed by atoms with Crippen molar-refractivity contribution in [2.75, 3.05) is 60.8 Å². The maximum atomic E-state index is 15.6. The van der Waals surface area contributed by atoms with Gasteiger partial charge in [0, 0.05) is 48.2 Å². The van der Waals surface area contributed by atoms with Gasteiger partial charge in [-0.3, -0.25) is 24.2 Å². The average Bonchev–Trinajstić information content (AvgIpc) is 3.75. The van der Waals surface area contributed by atoms with E-state index < -0.39 is 43.6 Å². The van der Waals surface area contributed by atoms with Crippen molar-refractivity contribution in [2.24, 2.45) is 5.92 Å². The molecule has 4 aromatic rings. The van der Waals surface area contributed by atoms with Crippen LogP contribution < -0.4 is 34.8 Å². The summed E-state index contributed by atoms with van der Waals surface area (Å²) in [6.45, 7) is 11.7. The van der Waals surface area contributed by atoms with E-state index in [0.29, 0.717) is 92.5 Å². The zero-order valence-corrected chi connectivity index (χ0v) is 41.6. The second-order valence-electron chi connectivity index (χ2n) is 19.2. The van der Waals surface area contributed by atoms with Gasteiger partial charge >= 0.3 is 0 Å². The Bertz CT molecular complexity index is 2500. The fourth-order valence-electron chi connectivity index (χ4n) is 11.2. The van der Waals surface area contributed by atoms with E-state index in [9.17, 15) is 29.7 Å². The Balaban J connectivity index is 1.20. The third-order valence-electron chi connectivity index (χ3n) is 14.2. The van der Waals surface area contributed by atoms with Gasteiger partial charge in [0.15, 0.2) is 13.9 Å². The second-order valence-corrected chi connectivity index (χ2v) is 23.2. The zero-order chi connectivity index (χ0) is 49.0. The first-order chi connectivity index (χ1) is 33.3. The molecule has 3 amide bonds. The second kappa shape index (κ2) is 21.4. The molecule has 4 aliphatic rings. The third-order valence-corrected chi connectivity index (χ3v) is 16.7. The Morgan fingerprint density at radius 1 is 0.710 bits per heavy atom. The lowest BCUT2D eigenvalue weighted by Gasteiger charge is -2.36. The van der Waals surface area contributed by atoms with Crippen LogP contribution in [-0.2, 0) is 44.1 Å². The van der Waals surface area contributed by atoms with Gasteiger partial charge in [0.2, 0.25) is 11.8 Å². The summed E-state index contributed by atoms with van der Waals surface area (Å²) in [6, 6.07) is 23.7. The summed E-state index contributed by atoms with van der Waals surface area (Å²) in [4.78, 5) is 61.8. The number of rotatable bonds is 21. The van der Waals surface area contributed by atoms with Crippen LogP contribution in [0.2, 0.25) is 18.6 Å². The Labute approximate surface area is 406 Å². The number of unbranched alkanes of at least 4 members (excludes halogenated alkanes) is 2. The molecule has 15 nitrogen and oxygen atoms in total. The van der Waals surface area contributed by atoms with E-state index in [-0.39, 0.29) is 50.5 Å². The number of benzene rings is 4. The van der Waals surface area contributed by atoms with Crippen molar-refractivity contribution in [2.45, 2.75) is 115 Å². The molecule has 6 atom stereocenters. The minimum absolute atomic E-state index is 0.0651. The predicted molar refractivity (Wildman–Crippen MR) is 268 cm³/mol. The van der Waals surface area contributed by atoms with E-state index in [0.717, 1.165) is 34.5 Å². The van der Waals surface area contributed by atoms with E-state index >= 15 is 4.79 Å². The summed E-state index contributed by atoms with van der Waals surface area (Å²) >= 11 is 0. The van der Waals surface area contributed by atoms with Crippen LogP contribution in [0.1, 0.15) is 75.1 Å². The number of nitrogens with zero attached hydrogens (tertiary/aromatic N) is 3. The Kier molecular flexibility index (Phi) is 15.6. The normalized spacial score (nSPS) is 23.2. The number of amides is 3. The van der Waals surface area contributed by atoms with Gasteiger partial charge in [0.05, 0.1) is 55.0 Å². The van der Waals surface area contributed by atoms with E-state index in [2.05, 4.69) is 10.6 Å². The number of carbonyl (C=O) groups is 3. The first-order valence-corrected chi connectivity index (χ1v) is 27.8. The summed E-state index contributed by atoms with van der Waals surface area (Å²) in [7, 11) is -3.03. The lowest BCUT2D eigenvalue weighted by Crippen LogP contribution is -2.49. The first-order valence-electron chi connectivity index (χ1n) is 24.7. The Hall–Kier alpha value is -5.17. The van der Waals surface area contributed by atoms with Crippen LogP contribution in [0.4, 0.5) is 28.4 Å². The number of fused-ring (bicyclic) bond motifs is 4. The first kappa shape index (κ1) is 50.2. The van der Waals surface area contributed by atoms with Gasteiger partial charge in [0.1, 0.15) is 11.5 Å². The molecule has 0 bridgehead atoms. The van der Waals surface area contributed by atoms with Crippen LogP contribution in [-0.4, -0.2) is 110 Å². The molecule has 370 valence electrons. The van der Waals surface area contributed by atoms with Crippen molar-refractivity contribution in [3.63, 3.8) is 0 Å². The van der Waals surface area contributed by atoms with E-state index in [1.54, 1.807) is 14.7 Å². The molecule has 6 N–H and O–H groups in total. The largest absolute Gasteiger partial charge is 0.494 e. The van der Waals surface area contributed by atoms with Crippen LogP contribution in [0.3, 0.4) is 0 Å². The van der Waals surface area contributed by atoms with Crippen molar-refractivity contribution in [3.8, 4) is 11.5 Å². The number of aliphatic hydroxyl groups is 3. The van der Waals surface area contributed by atoms with E-state index in [1.807, 2.05) is 113 Å². The van der Waals surface area contributed by atoms with Crippen LogP contribution in [0.25, 0.3) is 0 Å². The molecule has 1 spiro atoms. The molecule has 8 rings (SSSR count). The van der Waals surface area contributed by atoms with Gasteiger partial charge in [0.25, 0.3) is 5.91 Å². The highest BCUT2D eigenvalue weighted by molar-refractivity contribution is 6.71. The molecule has 16 heteroatoms. The quantitative estimate of drug-likeness (QED) is 0.0415. The standard InChI is InChI=1S/C53H69N5O10Si/c1-6-66-40-16-19-45-36(28-40)30-43(54-22-8-10-24-59)50(62)57(45)38-14-12-13-35(27-38)33-56-47-18-15-39(32-42(47)53(52(56)64)34(3)49(69(4,5)65)48(68-53)21-26-61)58-46-20-17-41(67-7-2)29-37(46)31-44(51(58)63)55-23-9-11-25-60/h12-20,27-29,32,34,43-44,48-49,54-55,59-61,65H,6-11,21-26,30-31,33H2,1-5H3/t34-,43?,44?,48+,49-,53+/m0/s1. The average molecular weight is 964 g/mol. The Morgan fingerprint density at radius 3 is 1.78 bits per heavy atom. The van der Waals surface area contributed by atoms with Crippen LogP contribution in [0, 0.1) is 5.92 Å². The molecule has 1 fully saturated rings. The van der Waals surface area contributed by atoms with Crippen LogP contribution in [0.15, 0.2) is 78.9 Å². The van der Waals surface area contributed by atoms with Crippen LogP contribution in [0.5, 0.6) is 11.5 Å². The lowest BCUT2D eigenvalue weighted by atomic mass is 9.82. The summed E-state index contributed by atoms with van der Waals surface area (Å²) in [5.74, 6) is 0.328. The lowest BCUT2D eigenvalue weighted by molar-refractivity contribution is -0.146. The van der Waals surface area contributed by atoms with E-state index in [1.165, 1.54) is 0 Å². The minimum Gasteiger partial charge on any atom is -0.494 e. The Morgan fingerprint density at radius 2 is 1.26 bits per heavy atom. The SMILES string of the molecule is CCOc1ccc2c(c1)CC(NCCCCO)C(=O)N2c1cccc(CN2C(=O)[C@]3(O[C@H](CCO)[C@@H]([Si](C)(C)O)[C@@H]3C)c3cc(N4C(=O)C(NCCCCO)Cc5cc(OCC)ccc54)ccc32)c1. The molecule has 0 aromatic heterocycles. The van der Waals surface area contributed by atoms with Crippen molar-refractivity contribution in [1.82, 2.24) is 10.6 Å². The summed E-state index contributed by atoms with van der Waals surface area (Å²) < 4.78 is 18.8. The number of carbonyl (C=O) groups excluding carboxylic acids is 3. The van der Waals surface area contributed by atoms with Crippen molar-refractivity contribution in [3.05, 3.63) is 101 Å². The van der Waals surface area contributed by atoms with Crippen LogP contribution >= 0.6 is 0 Å². The molecule has 69 heavy (non-hydrogen) atoms. The van der Waals surface area contributed by atoms with Gasteiger partial charge in [-0.1, -0.05) is 19.1 Å². The number of hydrogen-bond donors (Lipinski definition) is 6. The number of hydrogen-bond acceptors (Lipinski definition) is 12. The topological polar surface area (TPSA) is 194 Å². The summed E-state index contributed by atoms with van der Waals surface area (Å²) in [5, 5.41) is 36.0. The highest BCUT2D eigenvalue weighted by Gasteiger charge is 2.66. The predicted octanol–water partition coefficient (Wildman–Crippen LogP) is 6.11. The molecule has 0 saturated carbocycles. The fraction of sp³-hybridized carbons (Fsp3) is 0.491. The highest BCUT2D eigenvalue weighted by Crippen LogP contribution is 2.60. The molecule has 1 saturated heterocycles. The zero-order valence-electron chi connectivity index (χ0n) is 40.6. The van der Waals surface area contributed by atoms with E-state index in [4.69, 9.17) is 14.2 Å². The number of ether oxygens (including phenoxy) is 3. The van der Waals surface area contributed by atoms with Crippen molar-refractivity contribution >= 4 is 54.5 Å². The number of nitrogens with one attached hydrogen (secondary N) is 2. The number of anilines is 5. The maximum Gasteiger partial charge on any atom is 0.264 e. The van der Waals surface area contributed by atoms with Gasteiger partial charge in [-0.25, -0.2) is 0 Å². The monoisotopic (exact) mass is 963 g/mol. The van der Waals surface area contributed by atoms with Gasteiger partial charge in [-0.15, -0.1) is 0 Å². The van der Waals surface area contributed by atoms with Gasteiger partial charge in [-0.2, -0.15) is 0 Å². The van der Waals surface area contributed by atoms with Crippen molar-refractivity contribution in [1.29, 1.82) is 0 Å². The molecular weight excluding hydrogens is 895 g/mol. The molecule has 4 aromatic carbocycles. The van der Waals surface area contributed by atoms with Crippen molar-refractivity contribution < 1.29 is 48.7 Å². The smallest absolute Gasteiger partial charge is 0.264 e. The molecule has 4 heterocycles. The molecule has 0 radical (unpaired) electrons. The summed E-state index contributed by atoms with van der Waals surface area (Å²) in [6.07, 6.45) is 3.20. The molecule has 2 unspecified atom stereocenters. The molecule has 4 aliphatic heterocycles. The molecule has 0 aliphatic carbocycles. The third kappa shape index (κ3) is 9.82. The summed E-state index contributed by atoms with van der Waals surface area (Å²) in [5.41, 5.74) is 4.49. The maximum absolute atomic E-state index is 15.6. The number of aliphatic hydroxyl groups excluding tert-OH is 3. The van der Waals surface area contributed by atoms with Gasteiger partial charge in [-0.05, 0) is 168 Å². The highest BCUT2D eigenvalue weighted by atomic mass is 28.4. The minimum atomic E-state index is -3.03.